The van der Waals surface area contributed by atoms with Crippen LogP contribution in [0, 0.1) is 0 Å². The van der Waals surface area contributed by atoms with Crippen molar-refractivity contribution in [1.82, 2.24) is 0 Å². The largest absolute Gasteiger partial charge is 0.497 e. The number of rotatable bonds is 3. The predicted molar refractivity (Wildman–Crippen MR) is 84.4 cm³/mol. The highest BCUT2D eigenvalue weighted by Gasteiger charge is 2.17. The number of nitrogens with zero attached hydrogens (tertiary/aromatic N) is 1. The lowest BCUT2D eigenvalue weighted by Gasteiger charge is -2.18. The highest BCUT2D eigenvalue weighted by molar-refractivity contribution is 6.06. The second-order valence-electron chi connectivity index (χ2n) is 5.11. The number of carbonyl (C=O) groups is 1. The summed E-state index contributed by atoms with van der Waals surface area (Å²) in [5.74, 6) is 0.725. The van der Waals surface area contributed by atoms with E-state index in [1.165, 1.54) is 5.56 Å². The van der Waals surface area contributed by atoms with E-state index < -0.39 is 0 Å². The van der Waals surface area contributed by atoms with Crippen LogP contribution < -0.4 is 15.0 Å². The molecule has 21 heavy (non-hydrogen) atoms. The van der Waals surface area contributed by atoms with Crippen LogP contribution >= 0.6 is 0 Å². The average molecular weight is 282 g/mol. The third-order valence-corrected chi connectivity index (χ3v) is 3.81. The van der Waals surface area contributed by atoms with Crippen LogP contribution in [0.5, 0.6) is 5.75 Å². The third-order valence-electron chi connectivity index (χ3n) is 3.81. The van der Waals surface area contributed by atoms with Crippen molar-refractivity contribution in [2.45, 2.75) is 6.42 Å². The van der Waals surface area contributed by atoms with Crippen LogP contribution in [0.2, 0.25) is 0 Å². The fourth-order valence-corrected chi connectivity index (χ4v) is 2.57. The second kappa shape index (κ2) is 5.48. The fraction of sp³-hybridized carbons (Fsp3) is 0.235. The van der Waals surface area contributed by atoms with Crippen molar-refractivity contribution in [2.24, 2.45) is 0 Å². The molecule has 0 saturated heterocycles. The quantitative estimate of drug-likeness (QED) is 0.941. The maximum absolute atomic E-state index is 12.6. The minimum atomic E-state index is -0.0158. The average Bonchev–Trinajstić information content (AvgIpc) is 3.01. The molecule has 108 valence electrons. The van der Waals surface area contributed by atoms with Crippen LogP contribution in [0.1, 0.15) is 15.9 Å². The number of methoxy groups -OCH3 is 1. The first-order valence-corrected chi connectivity index (χ1v) is 6.98. The molecular weight excluding hydrogens is 264 g/mol. The number of anilines is 2. The first kappa shape index (κ1) is 13.5. The molecule has 0 fully saturated rings. The first-order valence-electron chi connectivity index (χ1n) is 6.98. The smallest absolute Gasteiger partial charge is 0.258 e. The molecule has 1 aliphatic heterocycles. The Morgan fingerprint density at radius 1 is 1.24 bits per heavy atom. The van der Waals surface area contributed by atoms with Gasteiger partial charge in [-0.2, -0.15) is 0 Å². The Morgan fingerprint density at radius 3 is 2.90 bits per heavy atom. The first-order chi connectivity index (χ1) is 10.2. The van der Waals surface area contributed by atoms with E-state index in [9.17, 15) is 4.79 Å². The molecule has 0 unspecified atom stereocenters. The third kappa shape index (κ3) is 2.57. The van der Waals surface area contributed by atoms with Crippen LogP contribution in [0.25, 0.3) is 0 Å². The van der Waals surface area contributed by atoms with Gasteiger partial charge in [-0.05, 0) is 42.3 Å². The molecule has 0 bridgehead atoms. The lowest BCUT2D eigenvalue weighted by Crippen LogP contribution is -2.26. The number of amides is 1. The van der Waals surface area contributed by atoms with Crippen LogP contribution in [0.4, 0.5) is 11.4 Å². The van der Waals surface area contributed by atoms with Crippen molar-refractivity contribution in [2.75, 3.05) is 30.9 Å². The summed E-state index contributed by atoms with van der Waals surface area (Å²) in [5, 5.41) is 3.30. The Labute approximate surface area is 124 Å². The van der Waals surface area contributed by atoms with Gasteiger partial charge in [0.2, 0.25) is 0 Å². The van der Waals surface area contributed by atoms with Gasteiger partial charge >= 0.3 is 0 Å². The molecule has 1 amide bonds. The minimum Gasteiger partial charge on any atom is -0.497 e. The number of fused-ring (bicyclic) bond motifs is 1. The summed E-state index contributed by atoms with van der Waals surface area (Å²) in [5.41, 5.74) is 3.87. The van der Waals surface area contributed by atoms with Gasteiger partial charge in [-0.25, -0.2) is 0 Å². The zero-order valence-corrected chi connectivity index (χ0v) is 12.2. The van der Waals surface area contributed by atoms with Gasteiger partial charge in [0.25, 0.3) is 5.91 Å². The van der Waals surface area contributed by atoms with Gasteiger partial charge in [0, 0.05) is 36.6 Å². The number of carbonyl (C=O) groups excluding carboxylic acids is 1. The zero-order valence-electron chi connectivity index (χ0n) is 12.2. The zero-order chi connectivity index (χ0) is 14.8. The molecule has 2 aromatic rings. The monoisotopic (exact) mass is 282 g/mol. The highest BCUT2D eigenvalue weighted by Crippen LogP contribution is 2.25. The molecule has 0 radical (unpaired) electrons. The normalized spacial score (nSPS) is 12.5. The van der Waals surface area contributed by atoms with Crippen molar-refractivity contribution in [1.29, 1.82) is 0 Å². The molecule has 4 nitrogen and oxygen atoms in total. The Hall–Kier alpha value is -2.49. The van der Waals surface area contributed by atoms with Crippen molar-refractivity contribution in [3.8, 4) is 5.75 Å². The standard InChI is InChI=1S/C17H18N2O2/c1-19(14-4-3-5-15(11-14)21-2)17(20)13-6-7-16-12(10-13)8-9-18-16/h3-7,10-11,18H,8-9H2,1-2H3. The van der Waals surface area contributed by atoms with Crippen molar-refractivity contribution >= 4 is 17.3 Å². The lowest BCUT2D eigenvalue weighted by molar-refractivity contribution is 0.0993. The number of hydrogen-bond donors (Lipinski definition) is 1. The molecule has 0 spiro atoms. The Bertz CT molecular complexity index is 682. The van der Waals surface area contributed by atoms with Crippen LogP contribution in [0.15, 0.2) is 42.5 Å². The van der Waals surface area contributed by atoms with Crippen molar-refractivity contribution < 1.29 is 9.53 Å². The van der Waals surface area contributed by atoms with Crippen LogP contribution in [-0.4, -0.2) is 26.6 Å². The van der Waals surface area contributed by atoms with E-state index in [0.717, 1.165) is 30.1 Å². The minimum absolute atomic E-state index is 0.0158. The van der Waals surface area contributed by atoms with Gasteiger partial charge in [-0.15, -0.1) is 0 Å². The van der Waals surface area contributed by atoms with Crippen LogP contribution in [0.3, 0.4) is 0 Å². The van der Waals surface area contributed by atoms with Gasteiger partial charge in [-0.3, -0.25) is 4.79 Å². The van der Waals surface area contributed by atoms with E-state index in [1.54, 1.807) is 19.1 Å². The number of hydrogen-bond acceptors (Lipinski definition) is 3. The molecule has 1 aliphatic rings. The summed E-state index contributed by atoms with van der Waals surface area (Å²) >= 11 is 0. The maximum atomic E-state index is 12.6. The molecule has 2 aromatic carbocycles. The second-order valence-corrected chi connectivity index (χ2v) is 5.11. The molecule has 4 heteroatoms. The Kier molecular flexibility index (Phi) is 3.52. The number of benzene rings is 2. The van der Waals surface area contributed by atoms with Gasteiger partial charge in [-0.1, -0.05) is 6.07 Å². The number of nitrogens with one attached hydrogen (secondary N) is 1. The van der Waals surface area contributed by atoms with Gasteiger partial charge in [0.1, 0.15) is 5.75 Å². The van der Waals surface area contributed by atoms with Gasteiger partial charge in [0.05, 0.1) is 7.11 Å². The molecule has 1 heterocycles. The van der Waals surface area contributed by atoms with E-state index >= 15 is 0 Å². The SMILES string of the molecule is COc1cccc(N(C)C(=O)c2ccc3c(c2)CCN3)c1. The van der Waals surface area contributed by atoms with E-state index in [4.69, 9.17) is 4.74 Å². The van der Waals surface area contributed by atoms with E-state index in [0.29, 0.717) is 5.56 Å². The molecule has 0 aromatic heterocycles. The van der Waals surface area contributed by atoms with E-state index in [1.807, 2.05) is 42.5 Å². The summed E-state index contributed by atoms with van der Waals surface area (Å²) in [6, 6.07) is 13.3. The van der Waals surface area contributed by atoms with Crippen LogP contribution in [-0.2, 0) is 6.42 Å². The summed E-state index contributed by atoms with van der Waals surface area (Å²) < 4.78 is 5.20. The molecular formula is C17H18N2O2. The highest BCUT2D eigenvalue weighted by atomic mass is 16.5. The lowest BCUT2D eigenvalue weighted by atomic mass is 10.1. The summed E-state index contributed by atoms with van der Waals surface area (Å²) in [6.07, 6.45) is 0.972. The van der Waals surface area contributed by atoms with Gasteiger partial charge in [0.15, 0.2) is 0 Å². The van der Waals surface area contributed by atoms with Crippen molar-refractivity contribution in [3.63, 3.8) is 0 Å². The Morgan fingerprint density at radius 2 is 2.10 bits per heavy atom. The summed E-state index contributed by atoms with van der Waals surface area (Å²) in [7, 11) is 3.40. The topological polar surface area (TPSA) is 41.6 Å². The van der Waals surface area contributed by atoms with E-state index in [2.05, 4.69) is 5.32 Å². The molecule has 0 aliphatic carbocycles. The number of ether oxygens (including phenoxy) is 1. The Balaban J connectivity index is 1.87. The molecule has 3 rings (SSSR count). The van der Waals surface area contributed by atoms with Crippen molar-refractivity contribution in [3.05, 3.63) is 53.6 Å². The van der Waals surface area contributed by atoms with E-state index in [-0.39, 0.29) is 5.91 Å². The fourth-order valence-electron chi connectivity index (χ4n) is 2.57. The van der Waals surface area contributed by atoms with Gasteiger partial charge < -0.3 is 15.0 Å². The summed E-state index contributed by atoms with van der Waals surface area (Å²) in [6.45, 7) is 0.943. The predicted octanol–water partition coefficient (Wildman–Crippen LogP) is 2.94. The maximum Gasteiger partial charge on any atom is 0.258 e. The summed E-state index contributed by atoms with van der Waals surface area (Å²) in [4.78, 5) is 14.3. The molecule has 1 N–H and O–H groups in total. The molecule has 0 atom stereocenters. The molecule has 0 saturated carbocycles.